The second-order valence-corrected chi connectivity index (χ2v) is 7.53. The van der Waals surface area contributed by atoms with Crippen molar-refractivity contribution in [3.8, 4) is 0 Å². The van der Waals surface area contributed by atoms with Crippen LogP contribution in [0.4, 0.5) is 4.39 Å². The number of hydrogen-bond acceptors (Lipinski definition) is 4. The molecule has 2 atom stereocenters. The maximum absolute atomic E-state index is 13.5. The maximum Gasteiger partial charge on any atom is 0.178 e. The molecule has 0 fully saturated rings. The van der Waals surface area contributed by atoms with E-state index in [2.05, 4.69) is 12.2 Å². The lowest BCUT2D eigenvalue weighted by atomic mass is 10.0. The molecule has 0 saturated carbocycles. The first kappa shape index (κ1) is 16.4. The number of methoxy groups -OCH3 is 1. The van der Waals surface area contributed by atoms with E-state index in [1.807, 2.05) is 0 Å². The number of ether oxygens (including phenoxy) is 1. The third-order valence-corrected chi connectivity index (χ3v) is 5.61. The molecule has 21 heavy (non-hydrogen) atoms. The van der Waals surface area contributed by atoms with E-state index in [1.54, 1.807) is 7.11 Å². The number of fused-ring (bicyclic) bond motifs is 1. The van der Waals surface area contributed by atoms with Crippen LogP contribution < -0.4 is 5.32 Å². The first-order chi connectivity index (χ1) is 9.97. The zero-order chi connectivity index (χ0) is 15.5. The molecule has 4 nitrogen and oxygen atoms in total. The molecule has 1 N–H and O–H groups in total. The van der Waals surface area contributed by atoms with Crippen molar-refractivity contribution in [1.29, 1.82) is 0 Å². The van der Waals surface area contributed by atoms with Crippen LogP contribution in [0, 0.1) is 5.82 Å². The van der Waals surface area contributed by atoms with Crippen LogP contribution >= 0.6 is 0 Å². The summed E-state index contributed by atoms with van der Waals surface area (Å²) in [6, 6.07) is 3.91. The van der Waals surface area contributed by atoms with Gasteiger partial charge >= 0.3 is 0 Å². The van der Waals surface area contributed by atoms with Gasteiger partial charge in [-0.25, -0.2) is 12.8 Å². The highest BCUT2D eigenvalue weighted by Crippen LogP contribution is 2.33. The SMILES string of the molecule is CCCC(COC)NC1CCS(=O)(=O)c2ccc(F)cc21. The highest BCUT2D eigenvalue weighted by molar-refractivity contribution is 7.91. The van der Waals surface area contributed by atoms with Gasteiger partial charge in [0.2, 0.25) is 0 Å². The average Bonchev–Trinajstić information content (AvgIpc) is 2.42. The second kappa shape index (κ2) is 6.85. The van der Waals surface area contributed by atoms with Crippen molar-refractivity contribution in [2.75, 3.05) is 19.5 Å². The highest BCUT2D eigenvalue weighted by atomic mass is 32.2. The molecule has 0 aromatic heterocycles. The monoisotopic (exact) mass is 315 g/mol. The Balaban J connectivity index is 2.28. The third-order valence-electron chi connectivity index (χ3n) is 3.80. The molecule has 0 bridgehead atoms. The molecule has 2 unspecified atom stereocenters. The number of rotatable bonds is 6. The number of sulfone groups is 1. The van der Waals surface area contributed by atoms with Crippen LogP contribution in [0.3, 0.4) is 0 Å². The van der Waals surface area contributed by atoms with Gasteiger partial charge in [0.05, 0.1) is 17.3 Å². The zero-order valence-electron chi connectivity index (χ0n) is 12.4. The van der Waals surface area contributed by atoms with E-state index in [9.17, 15) is 12.8 Å². The van der Waals surface area contributed by atoms with E-state index < -0.39 is 15.7 Å². The molecule has 118 valence electrons. The molecule has 0 aliphatic carbocycles. The summed E-state index contributed by atoms with van der Waals surface area (Å²) in [5, 5.41) is 3.42. The Hall–Kier alpha value is -0.980. The average molecular weight is 315 g/mol. The lowest BCUT2D eigenvalue weighted by Crippen LogP contribution is -2.39. The predicted octanol–water partition coefficient (Wildman–Crippen LogP) is 2.45. The van der Waals surface area contributed by atoms with Crippen molar-refractivity contribution >= 4 is 9.84 Å². The summed E-state index contributed by atoms with van der Waals surface area (Å²) in [5.74, 6) is -0.314. The van der Waals surface area contributed by atoms with Gasteiger partial charge in [-0.3, -0.25) is 0 Å². The van der Waals surface area contributed by atoms with Gasteiger partial charge in [-0.1, -0.05) is 13.3 Å². The van der Waals surface area contributed by atoms with E-state index in [-0.39, 0.29) is 22.7 Å². The van der Waals surface area contributed by atoms with Crippen LogP contribution in [0.25, 0.3) is 0 Å². The fraction of sp³-hybridized carbons (Fsp3) is 0.600. The number of halogens is 1. The fourth-order valence-electron chi connectivity index (χ4n) is 2.84. The molecule has 2 rings (SSSR count). The van der Waals surface area contributed by atoms with Crippen molar-refractivity contribution in [2.24, 2.45) is 0 Å². The standard InChI is InChI=1S/C15H22FNO3S/c1-3-4-12(10-20-2)17-14-7-8-21(18,19)15-6-5-11(16)9-13(14)15/h5-6,9,12,14,17H,3-4,7-8,10H2,1-2H3. The Morgan fingerprint density at radius 3 is 2.90 bits per heavy atom. The van der Waals surface area contributed by atoms with E-state index in [0.717, 1.165) is 12.8 Å². The summed E-state index contributed by atoms with van der Waals surface area (Å²) in [5.41, 5.74) is 0.540. The van der Waals surface area contributed by atoms with Crippen molar-refractivity contribution in [3.05, 3.63) is 29.6 Å². The van der Waals surface area contributed by atoms with Gasteiger partial charge in [-0.05, 0) is 36.6 Å². The summed E-state index contributed by atoms with van der Waals surface area (Å²) in [6.07, 6.45) is 2.40. The topological polar surface area (TPSA) is 55.4 Å². The molecule has 0 radical (unpaired) electrons. The van der Waals surface area contributed by atoms with E-state index in [1.165, 1.54) is 18.2 Å². The van der Waals surface area contributed by atoms with Gasteiger partial charge < -0.3 is 10.1 Å². The second-order valence-electron chi connectivity index (χ2n) is 5.45. The highest BCUT2D eigenvalue weighted by Gasteiger charge is 2.31. The predicted molar refractivity (Wildman–Crippen MR) is 79.5 cm³/mol. The molecular formula is C15H22FNO3S. The fourth-order valence-corrected chi connectivity index (χ4v) is 4.44. The van der Waals surface area contributed by atoms with Crippen molar-refractivity contribution in [1.82, 2.24) is 5.32 Å². The lowest BCUT2D eigenvalue weighted by Gasteiger charge is -2.30. The zero-order valence-corrected chi connectivity index (χ0v) is 13.2. The van der Waals surface area contributed by atoms with Gasteiger partial charge in [-0.2, -0.15) is 0 Å². The normalized spacial score (nSPS) is 21.8. The van der Waals surface area contributed by atoms with Crippen LogP contribution in [-0.4, -0.2) is 33.9 Å². The van der Waals surface area contributed by atoms with Crippen LogP contribution in [0.2, 0.25) is 0 Å². The molecule has 0 spiro atoms. The summed E-state index contributed by atoms with van der Waals surface area (Å²) in [4.78, 5) is 0.250. The van der Waals surface area contributed by atoms with Crippen LogP contribution in [0.5, 0.6) is 0 Å². The third kappa shape index (κ3) is 3.81. The number of nitrogens with one attached hydrogen (secondary N) is 1. The Morgan fingerprint density at radius 2 is 2.24 bits per heavy atom. The van der Waals surface area contributed by atoms with E-state index in [0.29, 0.717) is 18.6 Å². The Labute approximate surface area is 125 Å². The Bertz CT molecular complexity index is 583. The molecule has 1 heterocycles. The minimum Gasteiger partial charge on any atom is -0.383 e. The van der Waals surface area contributed by atoms with Gasteiger partial charge in [-0.15, -0.1) is 0 Å². The van der Waals surface area contributed by atoms with E-state index >= 15 is 0 Å². The largest absolute Gasteiger partial charge is 0.383 e. The van der Waals surface area contributed by atoms with Crippen molar-refractivity contribution in [2.45, 2.75) is 43.2 Å². The van der Waals surface area contributed by atoms with Crippen LogP contribution in [-0.2, 0) is 14.6 Å². The lowest BCUT2D eigenvalue weighted by molar-refractivity contribution is 0.155. The summed E-state index contributed by atoms with van der Waals surface area (Å²) >= 11 is 0. The smallest absolute Gasteiger partial charge is 0.178 e. The quantitative estimate of drug-likeness (QED) is 0.819. The van der Waals surface area contributed by atoms with Crippen LogP contribution in [0.15, 0.2) is 23.1 Å². The molecule has 0 saturated heterocycles. The van der Waals surface area contributed by atoms with Crippen molar-refractivity contribution in [3.63, 3.8) is 0 Å². The number of hydrogen-bond donors (Lipinski definition) is 1. The first-order valence-electron chi connectivity index (χ1n) is 7.25. The summed E-state index contributed by atoms with van der Waals surface area (Å²) < 4.78 is 42.9. The minimum absolute atomic E-state index is 0.0924. The molecule has 0 amide bonds. The minimum atomic E-state index is -3.29. The Kier molecular flexibility index (Phi) is 5.35. The molecule has 1 aliphatic rings. The van der Waals surface area contributed by atoms with Gasteiger partial charge in [0, 0.05) is 19.2 Å². The summed E-state index contributed by atoms with van der Waals surface area (Å²) in [7, 11) is -1.65. The first-order valence-corrected chi connectivity index (χ1v) is 8.90. The molecule has 1 aromatic rings. The van der Waals surface area contributed by atoms with Gasteiger partial charge in [0.15, 0.2) is 9.84 Å². The van der Waals surface area contributed by atoms with Gasteiger partial charge in [0.25, 0.3) is 0 Å². The maximum atomic E-state index is 13.5. The molecule has 1 aromatic carbocycles. The van der Waals surface area contributed by atoms with Crippen LogP contribution in [0.1, 0.15) is 37.8 Å². The molecular weight excluding hydrogens is 293 g/mol. The van der Waals surface area contributed by atoms with E-state index in [4.69, 9.17) is 4.74 Å². The molecule has 1 aliphatic heterocycles. The Morgan fingerprint density at radius 1 is 1.48 bits per heavy atom. The molecule has 6 heteroatoms. The number of benzene rings is 1. The van der Waals surface area contributed by atoms with Crippen molar-refractivity contribution < 1.29 is 17.5 Å². The summed E-state index contributed by atoms with van der Waals surface area (Å²) in [6.45, 7) is 2.64. The van der Waals surface area contributed by atoms with Gasteiger partial charge in [0.1, 0.15) is 5.82 Å².